The third-order valence-electron chi connectivity index (χ3n) is 8.00. The van der Waals surface area contributed by atoms with Crippen LogP contribution < -0.4 is 10.3 Å². The van der Waals surface area contributed by atoms with Crippen molar-refractivity contribution in [1.29, 1.82) is 0 Å². The van der Waals surface area contributed by atoms with Gasteiger partial charge in [-0.05, 0) is 86.9 Å². The fraction of sp³-hybridized carbons (Fsp3) is 0.414. The van der Waals surface area contributed by atoms with Gasteiger partial charge in [0, 0.05) is 29.1 Å². The van der Waals surface area contributed by atoms with Crippen molar-refractivity contribution in [2.24, 2.45) is 11.8 Å². The summed E-state index contributed by atoms with van der Waals surface area (Å²) in [5, 5.41) is 12.9. The summed E-state index contributed by atoms with van der Waals surface area (Å²) >= 11 is 0. The summed E-state index contributed by atoms with van der Waals surface area (Å²) < 4.78 is 5.52. The third kappa shape index (κ3) is 3.68. The maximum Gasteiger partial charge on any atom is 0.256 e. The number of piperidine rings is 3. The van der Waals surface area contributed by atoms with Crippen molar-refractivity contribution in [2.75, 3.05) is 20.2 Å². The van der Waals surface area contributed by atoms with Gasteiger partial charge in [0.15, 0.2) is 0 Å². The number of aliphatic hydroxyl groups is 1. The van der Waals surface area contributed by atoms with E-state index in [-0.39, 0.29) is 11.6 Å². The van der Waals surface area contributed by atoms with Gasteiger partial charge >= 0.3 is 0 Å². The van der Waals surface area contributed by atoms with Gasteiger partial charge in [-0.1, -0.05) is 23.8 Å². The standard InChI is InChI=1S/C29H34N2O3/c1-6-19-15-31-10-9-20(19)13-24(31)28(32)26-22-14-21(34-5)7-8-23(22)30-29(33)27(26)25-17(3)11-16(2)12-18(25)4/h6-8,11-12,14,19-20,24,28,32H,1,9-10,13,15H2,2-5H3,(H,30,33)/t19-,20?,24-,28-/m0/s1. The number of hydrogen-bond acceptors (Lipinski definition) is 4. The van der Waals surface area contributed by atoms with Crippen LogP contribution in [0.1, 0.15) is 41.2 Å². The van der Waals surface area contributed by atoms with Crippen LogP contribution in [0.2, 0.25) is 0 Å². The zero-order valence-electron chi connectivity index (χ0n) is 20.5. The average molecular weight is 459 g/mol. The highest BCUT2D eigenvalue weighted by Crippen LogP contribution is 2.44. The number of pyridine rings is 1. The van der Waals surface area contributed by atoms with Gasteiger partial charge in [-0.15, -0.1) is 6.58 Å². The highest BCUT2D eigenvalue weighted by molar-refractivity contribution is 5.91. The van der Waals surface area contributed by atoms with E-state index in [1.807, 2.05) is 32.0 Å². The van der Waals surface area contributed by atoms with Gasteiger partial charge in [-0.25, -0.2) is 0 Å². The molecule has 2 N–H and O–H groups in total. The van der Waals surface area contributed by atoms with Gasteiger partial charge in [0.1, 0.15) is 5.75 Å². The molecule has 1 aromatic heterocycles. The minimum Gasteiger partial charge on any atom is -0.497 e. The van der Waals surface area contributed by atoms with Crippen LogP contribution in [-0.4, -0.2) is 41.2 Å². The van der Waals surface area contributed by atoms with Gasteiger partial charge in [-0.3, -0.25) is 9.69 Å². The summed E-state index contributed by atoms with van der Waals surface area (Å²) in [7, 11) is 1.64. The number of benzene rings is 2. The molecule has 2 bridgehead atoms. The van der Waals surface area contributed by atoms with Crippen molar-refractivity contribution < 1.29 is 9.84 Å². The molecule has 0 spiro atoms. The number of hydrogen-bond donors (Lipinski definition) is 2. The van der Waals surface area contributed by atoms with E-state index in [9.17, 15) is 9.90 Å². The number of rotatable bonds is 5. The minimum absolute atomic E-state index is 0.0315. The van der Waals surface area contributed by atoms with Crippen LogP contribution in [0.3, 0.4) is 0 Å². The maximum absolute atomic E-state index is 13.6. The number of H-pyrrole nitrogens is 1. The molecule has 2 aromatic carbocycles. The van der Waals surface area contributed by atoms with E-state index in [2.05, 4.69) is 41.6 Å². The molecule has 3 aliphatic heterocycles. The second-order valence-corrected chi connectivity index (χ2v) is 10.1. The molecular weight excluding hydrogens is 424 g/mol. The van der Waals surface area contributed by atoms with E-state index in [0.29, 0.717) is 34.2 Å². The maximum atomic E-state index is 13.6. The van der Waals surface area contributed by atoms with E-state index < -0.39 is 6.10 Å². The predicted molar refractivity (Wildman–Crippen MR) is 137 cm³/mol. The highest BCUT2D eigenvalue weighted by Gasteiger charge is 2.43. The summed E-state index contributed by atoms with van der Waals surface area (Å²) in [6.07, 6.45) is 3.31. The summed E-state index contributed by atoms with van der Waals surface area (Å²) in [5.74, 6) is 1.69. The number of ether oxygens (including phenoxy) is 1. The summed E-state index contributed by atoms with van der Waals surface area (Å²) in [6.45, 7) is 12.1. The number of aromatic amines is 1. The third-order valence-corrected chi connectivity index (χ3v) is 8.00. The first-order valence-corrected chi connectivity index (χ1v) is 12.2. The number of fused-ring (bicyclic) bond motifs is 4. The van der Waals surface area contributed by atoms with Crippen LogP contribution in [-0.2, 0) is 0 Å². The SMILES string of the molecule is C=C[C@H]1CN2CCC1C[C@H]2[C@H](O)c1c(-c2c(C)cc(C)cc2C)c(=O)[nH]c2ccc(OC)cc12. The number of nitrogens with zero attached hydrogens (tertiary/aromatic N) is 1. The molecule has 6 rings (SSSR count). The molecule has 0 radical (unpaired) electrons. The van der Waals surface area contributed by atoms with Gasteiger partial charge in [0.05, 0.1) is 18.8 Å². The molecule has 0 aliphatic carbocycles. The molecular formula is C29H34N2O3. The van der Waals surface area contributed by atoms with Crippen LogP contribution in [0.15, 0.2) is 47.8 Å². The zero-order chi connectivity index (χ0) is 24.1. The number of aryl methyl sites for hydroxylation is 3. The van der Waals surface area contributed by atoms with E-state index in [1.54, 1.807) is 7.11 Å². The quantitative estimate of drug-likeness (QED) is 0.525. The Morgan fingerprint density at radius 2 is 1.91 bits per heavy atom. The van der Waals surface area contributed by atoms with Crippen LogP contribution in [0.5, 0.6) is 5.75 Å². The first-order valence-electron chi connectivity index (χ1n) is 12.2. The number of aliphatic hydroxyl groups excluding tert-OH is 1. The van der Waals surface area contributed by atoms with Crippen molar-refractivity contribution >= 4 is 10.9 Å². The first-order chi connectivity index (χ1) is 16.3. The molecule has 0 saturated carbocycles. The van der Waals surface area contributed by atoms with Gasteiger partial charge in [0.25, 0.3) is 5.56 Å². The van der Waals surface area contributed by atoms with Crippen LogP contribution in [0, 0.1) is 32.6 Å². The average Bonchev–Trinajstić information content (AvgIpc) is 2.83. The lowest BCUT2D eigenvalue weighted by atomic mass is 9.73. The molecule has 3 aliphatic rings. The Balaban J connectivity index is 1.76. The van der Waals surface area contributed by atoms with Crippen molar-refractivity contribution in [3.63, 3.8) is 0 Å². The van der Waals surface area contributed by atoms with Crippen LogP contribution in [0.25, 0.3) is 22.0 Å². The predicted octanol–water partition coefficient (Wildman–Crippen LogP) is 5.06. The van der Waals surface area contributed by atoms with Gasteiger partial charge in [0.2, 0.25) is 0 Å². The minimum atomic E-state index is -0.791. The van der Waals surface area contributed by atoms with Crippen molar-refractivity contribution in [1.82, 2.24) is 9.88 Å². The molecule has 2 unspecified atom stereocenters. The normalized spacial score (nSPS) is 24.9. The Labute approximate surface area is 201 Å². The van der Waals surface area contributed by atoms with Crippen LogP contribution >= 0.6 is 0 Å². The van der Waals surface area contributed by atoms with E-state index in [0.717, 1.165) is 53.6 Å². The molecule has 5 atom stereocenters. The lowest BCUT2D eigenvalue weighted by molar-refractivity contribution is -0.0443. The number of aromatic nitrogens is 1. The Morgan fingerprint density at radius 1 is 1.18 bits per heavy atom. The van der Waals surface area contributed by atoms with E-state index >= 15 is 0 Å². The Hall–Kier alpha value is -2.89. The first kappa shape index (κ1) is 22.9. The Kier molecular flexibility index (Phi) is 5.86. The molecule has 3 aromatic rings. The van der Waals surface area contributed by atoms with Crippen molar-refractivity contribution in [3.05, 3.63) is 75.6 Å². The molecule has 3 fully saturated rings. The van der Waals surface area contributed by atoms with Crippen LogP contribution in [0.4, 0.5) is 0 Å². The Bertz CT molecular complexity index is 1300. The van der Waals surface area contributed by atoms with Gasteiger partial charge < -0.3 is 14.8 Å². The number of nitrogens with one attached hydrogen (secondary N) is 1. The number of methoxy groups -OCH3 is 1. The fourth-order valence-electron chi connectivity index (χ4n) is 6.45. The molecule has 0 amide bonds. The Morgan fingerprint density at radius 3 is 2.53 bits per heavy atom. The molecule has 34 heavy (non-hydrogen) atoms. The lowest BCUT2D eigenvalue weighted by Crippen LogP contribution is -2.55. The summed E-state index contributed by atoms with van der Waals surface area (Å²) in [5.41, 5.74) is 5.97. The topological polar surface area (TPSA) is 65.6 Å². The van der Waals surface area contributed by atoms with E-state index in [1.165, 1.54) is 0 Å². The smallest absolute Gasteiger partial charge is 0.256 e. The lowest BCUT2D eigenvalue weighted by Gasteiger charge is -2.50. The molecule has 178 valence electrons. The molecule has 3 saturated heterocycles. The highest BCUT2D eigenvalue weighted by atomic mass is 16.5. The molecule has 5 heteroatoms. The van der Waals surface area contributed by atoms with Gasteiger partial charge in [-0.2, -0.15) is 0 Å². The largest absolute Gasteiger partial charge is 0.497 e. The zero-order valence-corrected chi connectivity index (χ0v) is 20.5. The molecule has 4 heterocycles. The van der Waals surface area contributed by atoms with Crippen molar-refractivity contribution in [2.45, 2.75) is 45.8 Å². The second kappa shape index (κ2) is 8.71. The monoisotopic (exact) mass is 458 g/mol. The van der Waals surface area contributed by atoms with Crippen molar-refractivity contribution in [3.8, 4) is 16.9 Å². The summed E-state index contributed by atoms with van der Waals surface area (Å²) in [6, 6.07) is 9.83. The molecule has 5 nitrogen and oxygen atoms in total. The second-order valence-electron chi connectivity index (χ2n) is 10.1. The van der Waals surface area contributed by atoms with E-state index in [4.69, 9.17) is 4.74 Å². The fourth-order valence-corrected chi connectivity index (χ4v) is 6.45. The summed E-state index contributed by atoms with van der Waals surface area (Å²) in [4.78, 5) is 19.1.